The van der Waals surface area contributed by atoms with E-state index in [1.54, 1.807) is 6.07 Å². The van der Waals surface area contributed by atoms with E-state index in [0.29, 0.717) is 12.0 Å². The number of hydrogen-bond acceptors (Lipinski definition) is 4. The lowest BCUT2D eigenvalue weighted by molar-refractivity contribution is 0.581. The summed E-state index contributed by atoms with van der Waals surface area (Å²) in [6.07, 6.45) is 0.297. The maximum atomic E-state index is 13.0. The van der Waals surface area contributed by atoms with Gasteiger partial charge < -0.3 is 0 Å². The molecule has 0 aliphatic rings. The van der Waals surface area contributed by atoms with Crippen molar-refractivity contribution in [1.82, 2.24) is 4.72 Å². The van der Waals surface area contributed by atoms with Crippen LogP contribution in [0.4, 0.5) is 4.39 Å². The molecule has 0 heterocycles. The molecular formula is C14H15FN2O4S2. The molecule has 0 fully saturated rings. The Kier molecular flexibility index (Phi) is 5.15. The third kappa shape index (κ3) is 4.83. The van der Waals surface area contributed by atoms with E-state index in [2.05, 4.69) is 4.72 Å². The quantitative estimate of drug-likeness (QED) is 0.803. The fourth-order valence-electron chi connectivity index (χ4n) is 1.92. The molecule has 0 saturated carbocycles. The van der Waals surface area contributed by atoms with Crippen LogP contribution in [-0.4, -0.2) is 23.4 Å². The summed E-state index contributed by atoms with van der Waals surface area (Å²) in [6, 6.07) is 10.6. The third-order valence-corrected chi connectivity index (χ3v) is 5.41. The van der Waals surface area contributed by atoms with Crippen LogP contribution in [0, 0.1) is 5.82 Å². The van der Waals surface area contributed by atoms with E-state index in [0.717, 1.165) is 6.07 Å². The Hall–Kier alpha value is -1.81. The first-order valence-electron chi connectivity index (χ1n) is 6.55. The van der Waals surface area contributed by atoms with Crippen molar-refractivity contribution in [3.63, 3.8) is 0 Å². The van der Waals surface area contributed by atoms with Gasteiger partial charge >= 0.3 is 0 Å². The normalized spacial score (nSPS) is 12.3. The van der Waals surface area contributed by atoms with Gasteiger partial charge in [0, 0.05) is 6.54 Å². The van der Waals surface area contributed by atoms with E-state index in [-0.39, 0.29) is 16.3 Å². The minimum atomic E-state index is -3.99. The third-order valence-electron chi connectivity index (χ3n) is 3.04. The molecule has 0 aromatic heterocycles. The van der Waals surface area contributed by atoms with E-state index < -0.39 is 25.9 Å². The Morgan fingerprint density at radius 1 is 0.957 bits per heavy atom. The van der Waals surface area contributed by atoms with Crippen molar-refractivity contribution in [2.24, 2.45) is 5.14 Å². The highest BCUT2D eigenvalue weighted by Crippen LogP contribution is 2.14. The van der Waals surface area contributed by atoms with Gasteiger partial charge in [-0.05, 0) is 42.3 Å². The fraction of sp³-hybridized carbons (Fsp3) is 0.143. The molecule has 9 heteroatoms. The van der Waals surface area contributed by atoms with Crippen LogP contribution in [-0.2, 0) is 26.5 Å². The van der Waals surface area contributed by atoms with Gasteiger partial charge in [-0.2, -0.15) is 0 Å². The summed E-state index contributed by atoms with van der Waals surface area (Å²) in [5, 5.41) is 4.98. The van der Waals surface area contributed by atoms with Crippen molar-refractivity contribution in [2.75, 3.05) is 6.54 Å². The molecule has 0 aliphatic heterocycles. The summed E-state index contributed by atoms with van der Waals surface area (Å²) in [4.78, 5) is -0.492. The molecule has 23 heavy (non-hydrogen) atoms. The summed E-state index contributed by atoms with van der Waals surface area (Å²) in [6.45, 7) is 0.0470. The summed E-state index contributed by atoms with van der Waals surface area (Å²) in [7, 11) is -7.87. The standard InChI is InChI=1S/C14H15FN2O4S2/c15-12-4-1-3-11(9-12)7-8-17-23(20,21)14-6-2-5-13(10-14)22(16,18)19/h1-6,9-10,17H,7-8H2,(H2,16,18,19). The molecule has 0 atom stereocenters. The molecule has 3 N–H and O–H groups in total. The van der Waals surface area contributed by atoms with Gasteiger partial charge in [0.15, 0.2) is 0 Å². The van der Waals surface area contributed by atoms with E-state index in [1.807, 2.05) is 0 Å². The Bertz CT molecular complexity index is 912. The first-order valence-corrected chi connectivity index (χ1v) is 9.58. The number of hydrogen-bond donors (Lipinski definition) is 2. The van der Waals surface area contributed by atoms with Gasteiger partial charge in [-0.1, -0.05) is 18.2 Å². The molecule has 0 amide bonds. The van der Waals surface area contributed by atoms with Gasteiger partial charge in [-0.15, -0.1) is 0 Å². The lowest BCUT2D eigenvalue weighted by Crippen LogP contribution is -2.26. The van der Waals surface area contributed by atoms with E-state index in [4.69, 9.17) is 5.14 Å². The Morgan fingerprint density at radius 3 is 2.26 bits per heavy atom. The second-order valence-electron chi connectivity index (χ2n) is 4.80. The maximum Gasteiger partial charge on any atom is 0.240 e. The van der Waals surface area contributed by atoms with Crippen molar-refractivity contribution in [3.05, 3.63) is 59.9 Å². The Labute approximate surface area is 134 Å². The predicted molar refractivity (Wildman–Crippen MR) is 83.1 cm³/mol. The van der Waals surface area contributed by atoms with Crippen LogP contribution < -0.4 is 9.86 Å². The molecule has 6 nitrogen and oxygen atoms in total. The van der Waals surface area contributed by atoms with Crippen molar-refractivity contribution in [3.8, 4) is 0 Å². The molecule has 0 aliphatic carbocycles. The van der Waals surface area contributed by atoms with Crippen LogP contribution in [0.1, 0.15) is 5.56 Å². The highest BCUT2D eigenvalue weighted by molar-refractivity contribution is 7.90. The van der Waals surface area contributed by atoms with Crippen LogP contribution in [0.2, 0.25) is 0 Å². The van der Waals surface area contributed by atoms with Crippen molar-refractivity contribution in [1.29, 1.82) is 0 Å². The topological polar surface area (TPSA) is 106 Å². The summed E-state index contributed by atoms with van der Waals surface area (Å²) >= 11 is 0. The van der Waals surface area contributed by atoms with E-state index in [1.165, 1.54) is 36.4 Å². The molecule has 0 saturated heterocycles. The molecule has 2 aromatic rings. The van der Waals surface area contributed by atoms with Gasteiger partial charge in [0.25, 0.3) is 0 Å². The van der Waals surface area contributed by atoms with Crippen molar-refractivity contribution < 1.29 is 21.2 Å². The average molecular weight is 358 g/mol. The number of benzene rings is 2. The first kappa shape index (κ1) is 17.5. The van der Waals surface area contributed by atoms with Gasteiger partial charge in [0.1, 0.15) is 5.82 Å². The molecule has 124 valence electrons. The monoisotopic (exact) mass is 358 g/mol. The molecule has 2 aromatic carbocycles. The molecule has 0 radical (unpaired) electrons. The summed E-state index contributed by atoms with van der Waals surface area (Å²) in [5.41, 5.74) is 0.644. The summed E-state index contributed by atoms with van der Waals surface area (Å²) in [5.74, 6) is -0.397. The number of halogens is 1. The van der Waals surface area contributed by atoms with Crippen LogP contribution >= 0.6 is 0 Å². The van der Waals surface area contributed by atoms with Gasteiger partial charge in [0.05, 0.1) is 9.79 Å². The average Bonchev–Trinajstić information content (AvgIpc) is 2.46. The fourth-order valence-corrected chi connectivity index (χ4v) is 3.64. The zero-order valence-corrected chi connectivity index (χ0v) is 13.6. The maximum absolute atomic E-state index is 13.0. The molecule has 0 unspecified atom stereocenters. The number of nitrogens with one attached hydrogen (secondary N) is 1. The number of nitrogens with two attached hydrogens (primary N) is 1. The van der Waals surface area contributed by atoms with Crippen LogP contribution in [0.15, 0.2) is 58.3 Å². The van der Waals surface area contributed by atoms with E-state index >= 15 is 0 Å². The van der Waals surface area contributed by atoms with Crippen LogP contribution in [0.5, 0.6) is 0 Å². The Balaban J connectivity index is 2.10. The zero-order valence-electron chi connectivity index (χ0n) is 11.9. The Morgan fingerprint density at radius 2 is 1.61 bits per heavy atom. The number of sulfonamides is 2. The minimum absolute atomic E-state index is 0.0470. The van der Waals surface area contributed by atoms with Gasteiger partial charge in [-0.3, -0.25) is 0 Å². The van der Waals surface area contributed by atoms with Crippen molar-refractivity contribution >= 4 is 20.0 Å². The molecule has 2 rings (SSSR count). The van der Waals surface area contributed by atoms with E-state index in [9.17, 15) is 21.2 Å². The van der Waals surface area contributed by atoms with Crippen LogP contribution in [0.3, 0.4) is 0 Å². The highest BCUT2D eigenvalue weighted by atomic mass is 32.2. The predicted octanol–water partition coefficient (Wildman–Crippen LogP) is 0.994. The van der Waals surface area contributed by atoms with Crippen molar-refractivity contribution in [2.45, 2.75) is 16.2 Å². The molecule has 0 spiro atoms. The SMILES string of the molecule is NS(=O)(=O)c1cccc(S(=O)(=O)NCCc2cccc(F)c2)c1. The summed E-state index contributed by atoms with van der Waals surface area (Å²) < 4.78 is 62.2. The second-order valence-corrected chi connectivity index (χ2v) is 8.13. The largest absolute Gasteiger partial charge is 0.240 e. The first-order chi connectivity index (χ1) is 10.7. The molecular weight excluding hydrogens is 343 g/mol. The highest BCUT2D eigenvalue weighted by Gasteiger charge is 2.17. The minimum Gasteiger partial charge on any atom is -0.225 e. The van der Waals surface area contributed by atoms with Gasteiger partial charge in [-0.25, -0.2) is 31.1 Å². The lowest BCUT2D eigenvalue weighted by atomic mass is 10.1. The van der Waals surface area contributed by atoms with Gasteiger partial charge in [0.2, 0.25) is 20.0 Å². The lowest BCUT2D eigenvalue weighted by Gasteiger charge is -2.08. The second kappa shape index (κ2) is 6.75. The smallest absolute Gasteiger partial charge is 0.225 e. The number of rotatable bonds is 6. The zero-order chi connectivity index (χ0) is 17.1. The van der Waals surface area contributed by atoms with Crippen LogP contribution in [0.25, 0.3) is 0 Å². The number of primary sulfonamides is 1. The molecule has 0 bridgehead atoms.